The lowest BCUT2D eigenvalue weighted by atomic mass is 9.97. The largest absolute Gasteiger partial charge is 0.493 e. The van der Waals surface area contributed by atoms with Crippen molar-refractivity contribution in [2.24, 2.45) is 0 Å². The molecule has 6 heteroatoms. The van der Waals surface area contributed by atoms with Crippen molar-refractivity contribution in [1.29, 1.82) is 0 Å². The van der Waals surface area contributed by atoms with Crippen LogP contribution in [-0.4, -0.2) is 31.2 Å². The fourth-order valence-electron chi connectivity index (χ4n) is 3.63. The Morgan fingerprint density at radius 2 is 2.15 bits per heavy atom. The summed E-state index contributed by atoms with van der Waals surface area (Å²) in [4.78, 5) is 28.6. The summed E-state index contributed by atoms with van der Waals surface area (Å²) in [5.74, 6) is -0.525. The number of hydrogen-bond acceptors (Lipinski definition) is 4. The first-order valence-corrected chi connectivity index (χ1v) is 9.91. The predicted molar refractivity (Wildman–Crippen MR) is 103 cm³/mol. The molecule has 0 saturated heterocycles. The van der Waals surface area contributed by atoms with Crippen molar-refractivity contribution in [3.05, 3.63) is 47.5 Å². The Balaban J connectivity index is 1.71. The number of rotatable bonds is 4. The minimum atomic E-state index is -0.839. The number of para-hydroxylation sites is 1. The first kappa shape index (κ1) is 17.0. The van der Waals surface area contributed by atoms with Crippen molar-refractivity contribution in [3.8, 4) is 5.75 Å². The van der Waals surface area contributed by atoms with Gasteiger partial charge < -0.3 is 15.0 Å². The van der Waals surface area contributed by atoms with Crippen molar-refractivity contribution in [1.82, 2.24) is 0 Å². The fraction of sp³-hybridized carbons (Fsp3) is 0.300. The van der Waals surface area contributed by atoms with E-state index in [1.807, 2.05) is 49.6 Å². The van der Waals surface area contributed by atoms with Crippen LogP contribution in [0.15, 0.2) is 41.3 Å². The maximum absolute atomic E-state index is 13.0. The number of fused-ring (bicyclic) bond motifs is 2. The molecule has 1 unspecified atom stereocenters. The van der Waals surface area contributed by atoms with E-state index in [2.05, 4.69) is 5.32 Å². The molecule has 4 rings (SSSR count). The van der Waals surface area contributed by atoms with E-state index in [0.29, 0.717) is 13.2 Å². The molecule has 2 aliphatic rings. The van der Waals surface area contributed by atoms with Crippen molar-refractivity contribution < 1.29 is 14.3 Å². The molecule has 0 aromatic heterocycles. The summed E-state index contributed by atoms with van der Waals surface area (Å²) in [6.07, 6.45) is 2.80. The second-order valence-corrected chi connectivity index (χ2v) is 7.17. The number of ether oxygens (including phenoxy) is 1. The highest BCUT2D eigenvalue weighted by Crippen LogP contribution is 2.43. The minimum Gasteiger partial charge on any atom is -0.493 e. The van der Waals surface area contributed by atoms with Crippen LogP contribution < -0.4 is 15.0 Å². The standard InChI is InChI=1S/C20H20N2O3S/c1-3-22-15-10-12-8-9-25-16(12)11-13(15)18(20(22)24)19(23)21-14-6-4-5-7-17(14)26-2/h4-7,10-11,18H,3,8-9H2,1-2H3,(H,21,23). The van der Waals surface area contributed by atoms with Crippen LogP contribution in [0.1, 0.15) is 24.0 Å². The third-order valence-corrected chi connectivity index (χ3v) is 5.69. The molecule has 2 aliphatic heterocycles. The zero-order valence-electron chi connectivity index (χ0n) is 14.7. The molecular weight excluding hydrogens is 348 g/mol. The average molecular weight is 368 g/mol. The Morgan fingerprint density at radius 1 is 1.35 bits per heavy atom. The van der Waals surface area contributed by atoms with E-state index in [-0.39, 0.29) is 11.8 Å². The molecule has 2 heterocycles. The normalized spacial score (nSPS) is 17.7. The molecule has 0 fully saturated rings. The second-order valence-electron chi connectivity index (χ2n) is 6.32. The summed E-state index contributed by atoms with van der Waals surface area (Å²) >= 11 is 1.56. The van der Waals surface area contributed by atoms with E-state index in [0.717, 1.165) is 39.6 Å². The third kappa shape index (κ3) is 2.65. The summed E-state index contributed by atoms with van der Waals surface area (Å²) in [5.41, 5.74) is 3.40. The molecule has 2 aromatic carbocycles. The molecule has 1 atom stereocenters. The second kappa shape index (κ2) is 6.68. The molecule has 2 aromatic rings. The van der Waals surface area contributed by atoms with Gasteiger partial charge in [-0.3, -0.25) is 9.59 Å². The lowest BCUT2D eigenvalue weighted by Gasteiger charge is -2.16. The monoisotopic (exact) mass is 368 g/mol. The molecular formula is C20H20N2O3S. The maximum atomic E-state index is 13.0. The van der Waals surface area contributed by atoms with E-state index < -0.39 is 5.92 Å². The molecule has 134 valence electrons. The molecule has 5 nitrogen and oxygen atoms in total. The maximum Gasteiger partial charge on any atom is 0.244 e. The van der Waals surface area contributed by atoms with Gasteiger partial charge in [0.05, 0.1) is 12.3 Å². The van der Waals surface area contributed by atoms with Crippen LogP contribution in [0.5, 0.6) is 5.75 Å². The number of nitrogens with zero attached hydrogens (tertiary/aromatic N) is 1. The quantitative estimate of drug-likeness (QED) is 0.663. The Bertz CT molecular complexity index is 897. The number of carbonyl (C=O) groups excluding carboxylic acids is 2. The number of likely N-dealkylation sites (N-methyl/N-ethyl adjacent to an activating group) is 1. The Morgan fingerprint density at radius 3 is 2.92 bits per heavy atom. The first-order chi connectivity index (χ1) is 12.6. The van der Waals surface area contributed by atoms with Crippen molar-refractivity contribution in [3.63, 3.8) is 0 Å². The Kier molecular flexibility index (Phi) is 4.36. The molecule has 0 aliphatic carbocycles. The summed E-state index contributed by atoms with van der Waals surface area (Å²) in [5, 5.41) is 2.94. The highest BCUT2D eigenvalue weighted by molar-refractivity contribution is 7.98. The van der Waals surface area contributed by atoms with Gasteiger partial charge in [-0.1, -0.05) is 12.1 Å². The van der Waals surface area contributed by atoms with Gasteiger partial charge in [-0.05, 0) is 43.0 Å². The van der Waals surface area contributed by atoms with Gasteiger partial charge in [-0.25, -0.2) is 0 Å². The lowest BCUT2D eigenvalue weighted by Crippen LogP contribution is -2.33. The minimum absolute atomic E-state index is 0.176. The van der Waals surface area contributed by atoms with Gasteiger partial charge in [0.15, 0.2) is 0 Å². The Labute approximate surface area is 156 Å². The van der Waals surface area contributed by atoms with E-state index in [4.69, 9.17) is 4.74 Å². The molecule has 1 N–H and O–H groups in total. The van der Waals surface area contributed by atoms with Gasteiger partial charge in [0.2, 0.25) is 11.8 Å². The van der Waals surface area contributed by atoms with E-state index in [9.17, 15) is 9.59 Å². The first-order valence-electron chi connectivity index (χ1n) is 8.69. The predicted octanol–water partition coefficient (Wildman–Crippen LogP) is 3.43. The number of carbonyl (C=O) groups is 2. The van der Waals surface area contributed by atoms with Gasteiger partial charge >= 0.3 is 0 Å². The SMILES string of the molecule is CCN1C(=O)C(C(=O)Nc2ccccc2SC)c2cc3c(cc21)CCO3. The number of benzene rings is 2. The molecule has 0 spiro atoms. The van der Waals surface area contributed by atoms with Gasteiger partial charge in [0.25, 0.3) is 0 Å². The fourth-order valence-corrected chi connectivity index (χ4v) is 4.19. The zero-order chi connectivity index (χ0) is 18.3. The van der Waals surface area contributed by atoms with Crippen LogP contribution >= 0.6 is 11.8 Å². The Hall–Kier alpha value is -2.47. The van der Waals surface area contributed by atoms with Gasteiger partial charge in [0, 0.05) is 29.1 Å². The van der Waals surface area contributed by atoms with Gasteiger partial charge in [0.1, 0.15) is 11.7 Å². The van der Waals surface area contributed by atoms with Crippen molar-refractivity contribution in [2.75, 3.05) is 29.6 Å². The smallest absolute Gasteiger partial charge is 0.244 e. The number of nitrogens with one attached hydrogen (secondary N) is 1. The van der Waals surface area contributed by atoms with E-state index in [1.165, 1.54) is 0 Å². The summed E-state index contributed by atoms with van der Waals surface area (Å²) in [7, 11) is 0. The number of hydrogen-bond donors (Lipinski definition) is 1. The van der Waals surface area contributed by atoms with E-state index in [1.54, 1.807) is 16.7 Å². The number of anilines is 2. The van der Waals surface area contributed by atoms with Crippen LogP contribution in [-0.2, 0) is 16.0 Å². The van der Waals surface area contributed by atoms with Gasteiger partial charge in [-0.15, -0.1) is 11.8 Å². The number of thioether (sulfide) groups is 1. The zero-order valence-corrected chi connectivity index (χ0v) is 15.6. The van der Waals surface area contributed by atoms with Crippen LogP contribution in [0.2, 0.25) is 0 Å². The average Bonchev–Trinajstić information content (AvgIpc) is 3.20. The molecule has 0 bridgehead atoms. The summed E-state index contributed by atoms with van der Waals surface area (Å²) < 4.78 is 5.65. The van der Waals surface area contributed by atoms with Crippen molar-refractivity contribution >= 4 is 35.0 Å². The van der Waals surface area contributed by atoms with Crippen LogP contribution in [0.25, 0.3) is 0 Å². The lowest BCUT2D eigenvalue weighted by molar-refractivity contribution is -0.126. The highest BCUT2D eigenvalue weighted by Gasteiger charge is 2.42. The molecule has 0 saturated carbocycles. The topological polar surface area (TPSA) is 58.6 Å². The third-order valence-electron chi connectivity index (χ3n) is 4.90. The summed E-state index contributed by atoms with van der Waals surface area (Å²) in [6.45, 7) is 3.11. The van der Waals surface area contributed by atoms with Crippen LogP contribution in [0, 0.1) is 0 Å². The van der Waals surface area contributed by atoms with Gasteiger partial charge in [-0.2, -0.15) is 0 Å². The van der Waals surface area contributed by atoms with Crippen molar-refractivity contribution in [2.45, 2.75) is 24.2 Å². The van der Waals surface area contributed by atoms with Crippen LogP contribution in [0.3, 0.4) is 0 Å². The molecule has 2 amide bonds. The highest BCUT2D eigenvalue weighted by atomic mass is 32.2. The molecule has 26 heavy (non-hydrogen) atoms. The number of amides is 2. The molecule has 0 radical (unpaired) electrons. The summed E-state index contributed by atoms with van der Waals surface area (Å²) in [6, 6.07) is 11.5. The van der Waals surface area contributed by atoms with E-state index >= 15 is 0 Å². The van der Waals surface area contributed by atoms with Crippen LogP contribution in [0.4, 0.5) is 11.4 Å².